The van der Waals surface area contributed by atoms with Crippen LogP contribution in [0.15, 0.2) is 18.2 Å². The fraction of sp³-hybridized carbons (Fsp3) is 0.500. The first-order chi connectivity index (χ1) is 9.93. The normalized spacial score (nSPS) is 14.7. The van der Waals surface area contributed by atoms with Crippen LogP contribution in [0.1, 0.15) is 36.2 Å². The highest BCUT2D eigenvalue weighted by Gasteiger charge is 2.28. The number of benzene rings is 1. The second kappa shape index (κ2) is 6.16. The quantitative estimate of drug-likeness (QED) is 0.927. The molecule has 1 aliphatic rings. The Labute approximate surface area is 125 Å². The van der Waals surface area contributed by atoms with Crippen LogP contribution in [0.25, 0.3) is 0 Å². The summed E-state index contributed by atoms with van der Waals surface area (Å²) in [5.74, 6) is -0.517. The monoisotopic (exact) mass is 290 g/mol. The van der Waals surface area contributed by atoms with Crippen molar-refractivity contribution in [2.75, 3.05) is 25.0 Å². The number of hydrogen-bond donors (Lipinski definition) is 1. The Morgan fingerprint density at radius 1 is 1.43 bits per heavy atom. The van der Waals surface area contributed by atoms with Crippen molar-refractivity contribution in [2.45, 2.75) is 26.7 Å². The van der Waals surface area contributed by atoms with Crippen LogP contribution in [0.5, 0.6) is 0 Å². The molecule has 1 aliphatic heterocycles. The second-order valence-corrected chi connectivity index (χ2v) is 5.73. The lowest BCUT2D eigenvalue weighted by molar-refractivity contribution is 0.0697. The van der Waals surface area contributed by atoms with Gasteiger partial charge in [0.2, 0.25) is 0 Å². The third-order valence-corrected chi connectivity index (χ3v) is 4.07. The maximum Gasteiger partial charge on any atom is 0.335 e. The molecular weight excluding hydrogens is 268 g/mol. The molecule has 0 aliphatic carbocycles. The molecule has 5 nitrogen and oxygen atoms in total. The Bertz CT molecular complexity index is 556. The summed E-state index contributed by atoms with van der Waals surface area (Å²) in [6, 6.07) is 4.94. The van der Waals surface area contributed by atoms with Gasteiger partial charge in [0.15, 0.2) is 0 Å². The predicted octanol–water partition coefficient (Wildman–Crippen LogP) is 2.85. The number of aromatic carboxylic acids is 1. The van der Waals surface area contributed by atoms with Gasteiger partial charge in [0, 0.05) is 25.8 Å². The number of carboxylic acid groups (broad SMARTS) is 1. The van der Waals surface area contributed by atoms with Crippen LogP contribution in [0.3, 0.4) is 0 Å². The third-order valence-electron chi connectivity index (χ3n) is 4.07. The number of carbonyl (C=O) groups is 2. The molecule has 114 valence electrons. The summed E-state index contributed by atoms with van der Waals surface area (Å²) in [5, 5.41) is 9.09. The van der Waals surface area contributed by atoms with E-state index in [1.54, 1.807) is 35.0 Å². The zero-order valence-corrected chi connectivity index (χ0v) is 12.8. The third kappa shape index (κ3) is 3.17. The van der Waals surface area contributed by atoms with Crippen LogP contribution in [-0.2, 0) is 6.42 Å². The molecule has 0 saturated carbocycles. The lowest BCUT2D eigenvalue weighted by atomic mass is 10.1. The Hall–Kier alpha value is -2.04. The molecule has 0 spiro atoms. The minimum absolute atomic E-state index is 0.0587. The highest BCUT2D eigenvalue weighted by Crippen LogP contribution is 2.30. The van der Waals surface area contributed by atoms with Crippen molar-refractivity contribution in [1.82, 2.24) is 4.90 Å². The largest absolute Gasteiger partial charge is 0.478 e. The van der Waals surface area contributed by atoms with Gasteiger partial charge in [0.25, 0.3) is 0 Å². The molecule has 5 heteroatoms. The average Bonchev–Trinajstić information content (AvgIpc) is 2.88. The number of carboxylic acids is 1. The van der Waals surface area contributed by atoms with Gasteiger partial charge in [-0.05, 0) is 30.0 Å². The van der Waals surface area contributed by atoms with Crippen LogP contribution in [0.2, 0.25) is 0 Å². The number of carbonyl (C=O) groups excluding carboxylic acids is 1. The number of urea groups is 1. The summed E-state index contributed by atoms with van der Waals surface area (Å²) in [7, 11) is 1.80. The number of hydrogen-bond acceptors (Lipinski definition) is 2. The van der Waals surface area contributed by atoms with Gasteiger partial charge in [0.1, 0.15) is 0 Å². The molecule has 1 atom stereocenters. The van der Waals surface area contributed by atoms with E-state index in [0.717, 1.165) is 24.1 Å². The standard InChI is InChI=1S/C16H22N2O3/c1-4-11(2)10-17(3)16(21)18-8-7-12-5-6-13(15(19)20)9-14(12)18/h5-6,9,11H,4,7-8,10H2,1-3H3,(H,19,20). The zero-order valence-electron chi connectivity index (χ0n) is 12.8. The van der Waals surface area contributed by atoms with Crippen molar-refractivity contribution >= 4 is 17.7 Å². The number of rotatable bonds is 4. The molecular formula is C16H22N2O3. The molecule has 0 saturated heterocycles. The molecule has 0 bridgehead atoms. The molecule has 1 unspecified atom stereocenters. The topological polar surface area (TPSA) is 60.9 Å². The molecule has 1 N–H and O–H groups in total. The highest BCUT2D eigenvalue weighted by atomic mass is 16.4. The molecule has 21 heavy (non-hydrogen) atoms. The maximum atomic E-state index is 12.5. The van der Waals surface area contributed by atoms with E-state index < -0.39 is 5.97 Å². The SMILES string of the molecule is CCC(C)CN(C)C(=O)N1CCc2ccc(C(=O)O)cc21. The van der Waals surface area contributed by atoms with Gasteiger partial charge in [-0.1, -0.05) is 26.3 Å². The van der Waals surface area contributed by atoms with Crippen LogP contribution in [-0.4, -0.2) is 42.1 Å². The number of fused-ring (bicyclic) bond motifs is 1. The van der Waals surface area contributed by atoms with Crippen LogP contribution < -0.4 is 4.90 Å². The smallest absolute Gasteiger partial charge is 0.335 e. The number of nitrogens with zero attached hydrogens (tertiary/aromatic N) is 2. The van der Waals surface area contributed by atoms with Crippen LogP contribution >= 0.6 is 0 Å². The van der Waals surface area contributed by atoms with Gasteiger partial charge in [-0.3, -0.25) is 4.90 Å². The molecule has 2 amide bonds. The Balaban J connectivity index is 2.19. The number of amides is 2. The van der Waals surface area contributed by atoms with Crippen LogP contribution in [0, 0.1) is 5.92 Å². The Morgan fingerprint density at radius 2 is 2.14 bits per heavy atom. The molecule has 0 fully saturated rings. The van der Waals surface area contributed by atoms with Gasteiger partial charge >= 0.3 is 12.0 Å². The zero-order chi connectivity index (χ0) is 15.6. The predicted molar refractivity (Wildman–Crippen MR) is 81.9 cm³/mol. The van der Waals surface area contributed by atoms with Crippen LogP contribution in [0.4, 0.5) is 10.5 Å². The maximum absolute atomic E-state index is 12.5. The van der Waals surface area contributed by atoms with Crippen molar-refractivity contribution in [3.8, 4) is 0 Å². The lowest BCUT2D eigenvalue weighted by Gasteiger charge is -2.27. The van der Waals surface area contributed by atoms with E-state index in [2.05, 4.69) is 13.8 Å². The van der Waals surface area contributed by atoms with Gasteiger partial charge < -0.3 is 10.0 Å². The lowest BCUT2D eigenvalue weighted by Crippen LogP contribution is -2.42. The van der Waals surface area contributed by atoms with Gasteiger partial charge in [-0.2, -0.15) is 0 Å². The Morgan fingerprint density at radius 3 is 2.76 bits per heavy atom. The minimum Gasteiger partial charge on any atom is -0.478 e. The average molecular weight is 290 g/mol. The molecule has 1 heterocycles. The van der Waals surface area contributed by atoms with Crippen molar-refractivity contribution in [3.05, 3.63) is 29.3 Å². The van der Waals surface area contributed by atoms with E-state index in [4.69, 9.17) is 5.11 Å². The summed E-state index contributed by atoms with van der Waals surface area (Å²) in [4.78, 5) is 27.0. The van der Waals surface area contributed by atoms with E-state index in [-0.39, 0.29) is 11.6 Å². The van der Waals surface area contributed by atoms with E-state index >= 15 is 0 Å². The van der Waals surface area contributed by atoms with Crippen molar-refractivity contribution in [3.63, 3.8) is 0 Å². The van der Waals surface area contributed by atoms with Gasteiger partial charge in [-0.15, -0.1) is 0 Å². The minimum atomic E-state index is -0.968. The summed E-state index contributed by atoms with van der Waals surface area (Å²) < 4.78 is 0. The van der Waals surface area contributed by atoms with Gasteiger partial charge in [-0.25, -0.2) is 9.59 Å². The van der Waals surface area contributed by atoms with E-state index in [0.29, 0.717) is 19.0 Å². The first kappa shape index (κ1) is 15.4. The van der Waals surface area contributed by atoms with Crippen molar-refractivity contribution < 1.29 is 14.7 Å². The first-order valence-electron chi connectivity index (χ1n) is 7.32. The molecule has 0 aromatic heterocycles. The summed E-state index contributed by atoms with van der Waals surface area (Å²) in [6.45, 7) is 5.54. The van der Waals surface area contributed by atoms with Gasteiger partial charge in [0.05, 0.1) is 5.56 Å². The fourth-order valence-corrected chi connectivity index (χ4v) is 2.59. The molecule has 2 rings (SSSR count). The first-order valence-corrected chi connectivity index (χ1v) is 7.32. The molecule has 1 aromatic rings. The van der Waals surface area contributed by atoms with E-state index in [1.165, 1.54) is 0 Å². The summed E-state index contributed by atoms with van der Waals surface area (Å²) >= 11 is 0. The summed E-state index contributed by atoms with van der Waals surface area (Å²) in [5.41, 5.74) is 1.99. The Kier molecular flexibility index (Phi) is 4.50. The van der Waals surface area contributed by atoms with Crippen molar-refractivity contribution in [2.24, 2.45) is 5.92 Å². The van der Waals surface area contributed by atoms with Crippen molar-refractivity contribution in [1.29, 1.82) is 0 Å². The summed E-state index contributed by atoms with van der Waals surface area (Å²) in [6.07, 6.45) is 1.80. The molecule has 1 aromatic carbocycles. The number of anilines is 1. The van der Waals surface area contributed by atoms with E-state index in [1.807, 2.05) is 0 Å². The van der Waals surface area contributed by atoms with E-state index in [9.17, 15) is 9.59 Å². The fourth-order valence-electron chi connectivity index (χ4n) is 2.59. The second-order valence-electron chi connectivity index (χ2n) is 5.73. The highest BCUT2D eigenvalue weighted by molar-refractivity contribution is 5.96. The molecule has 0 radical (unpaired) electrons.